The largest absolute Gasteiger partial charge is 0.250 e. The summed E-state index contributed by atoms with van der Waals surface area (Å²) in [5, 5.41) is 9.91. The Balaban J connectivity index is 1.96. The van der Waals surface area contributed by atoms with E-state index in [1.807, 2.05) is 33.9 Å². The monoisotopic (exact) mass is 360 g/mol. The zero-order valence-electron chi connectivity index (χ0n) is 14.7. The summed E-state index contributed by atoms with van der Waals surface area (Å²) in [5.41, 5.74) is 3.42. The normalized spacial score (nSPS) is 19.8. The van der Waals surface area contributed by atoms with Gasteiger partial charge in [0.25, 0.3) is 0 Å². The fraction of sp³-hybridized carbons (Fsp3) is 0.500. The van der Waals surface area contributed by atoms with Crippen molar-refractivity contribution in [2.45, 2.75) is 33.2 Å². The van der Waals surface area contributed by atoms with E-state index in [0.29, 0.717) is 18.1 Å². The highest BCUT2D eigenvalue weighted by atomic mass is 32.2. The van der Waals surface area contributed by atoms with Gasteiger partial charge in [-0.25, -0.2) is 23.1 Å². The molecule has 8 nitrogen and oxygen atoms in total. The lowest BCUT2D eigenvalue weighted by Gasteiger charge is -2.13. The molecule has 0 saturated carbocycles. The fourth-order valence-corrected chi connectivity index (χ4v) is 5.27. The lowest BCUT2D eigenvalue weighted by atomic mass is 10.1. The lowest BCUT2D eigenvalue weighted by Crippen LogP contribution is -2.14. The third-order valence-corrected chi connectivity index (χ3v) is 6.38. The third-order valence-electron chi connectivity index (χ3n) is 4.63. The minimum absolute atomic E-state index is 0.113. The molecular formula is C16H20N6O2S. The molecule has 9 heteroatoms. The number of nitrogens with zero attached hydrogens (tertiary/aromatic N) is 6. The summed E-state index contributed by atoms with van der Waals surface area (Å²) < 4.78 is 27.4. The molecule has 0 amide bonds. The highest BCUT2D eigenvalue weighted by Crippen LogP contribution is 2.33. The van der Waals surface area contributed by atoms with E-state index in [4.69, 9.17) is 0 Å². The SMILES string of the molecule is Cc1cc(-c2nc(C)nn2[C@H]2CCS(=O)(=O)C2)c2c(C)nn(C)c2n1. The van der Waals surface area contributed by atoms with Gasteiger partial charge in [0.05, 0.1) is 28.6 Å². The predicted molar refractivity (Wildman–Crippen MR) is 94.0 cm³/mol. The van der Waals surface area contributed by atoms with E-state index in [-0.39, 0.29) is 17.5 Å². The lowest BCUT2D eigenvalue weighted by molar-refractivity contribution is 0.502. The first kappa shape index (κ1) is 16.2. The number of aromatic nitrogens is 6. The van der Waals surface area contributed by atoms with Gasteiger partial charge in [-0.2, -0.15) is 10.2 Å². The van der Waals surface area contributed by atoms with Crippen molar-refractivity contribution in [3.05, 3.63) is 23.3 Å². The molecule has 1 aliphatic rings. The Morgan fingerprint density at radius 2 is 1.92 bits per heavy atom. The number of pyridine rings is 1. The molecule has 0 radical (unpaired) electrons. The van der Waals surface area contributed by atoms with Crippen molar-refractivity contribution in [3.8, 4) is 11.4 Å². The molecule has 3 aromatic heterocycles. The number of hydrogen-bond donors (Lipinski definition) is 0. The second-order valence-electron chi connectivity index (χ2n) is 6.70. The van der Waals surface area contributed by atoms with E-state index in [0.717, 1.165) is 28.0 Å². The van der Waals surface area contributed by atoms with Gasteiger partial charge in [0.2, 0.25) is 0 Å². The minimum atomic E-state index is -3.01. The molecule has 0 N–H and O–H groups in total. The van der Waals surface area contributed by atoms with Crippen LogP contribution in [0.3, 0.4) is 0 Å². The van der Waals surface area contributed by atoms with Gasteiger partial charge < -0.3 is 0 Å². The molecule has 0 bridgehead atoms. The van der Waals surface area contributed by atoms with E-state index in [1.54, 1.807) is 9.36 Å². The van der Waals surface area contributed by atoms with Crippen molar-refractivity contribution in [3.63, 3.8) is 0 Å². The Morgan fingerprint density at radius 1 is 1.16 bits per heavy atom. The van der Waals surface area contributed by atoms with Crippen LogP contribution in [-0.4, -0.2) is 49.5 Å². The molecule has 0 unspecified atom stereocenters. The Bertz CT molecular complexity index is 1100. The van der Waals surface area contributed by atoms with E-state index >= 15 is 0 Å². The number of aryl methyl sites for hydroxylation is 4. The maximum atomic E-state index is 11.9. The molecule has 3 aromatic rings. The van der Waals surface area contributed by atoms with Crippen LogP contribution in [0.4, 0.5) is 0 Å². The van der Waals surface area contributed by atoms with Crippen LogP contribution < -0.4 is 0 Å². The van der Waals surface area contributed by atoms with Crippen molar-refractivity contribution < 1.29 is 8.42 Å². The standard InChI is InChI=1S/C16H20N6O2S/c1-9-7-13(14-10(2)19-21(4)16(14)17-9)15-18-11(3)20-22(15)12-5-6-25(23,24)8-12/h7,12H,5-6,8H2,1-4H3/t12-/m0/s1. The Morgan fingerprint density at radius 3 is 2.60 bits per heavy atom. The molecule has 1 saturated heterocycles. The van der Waals surface area contributed by atoms with Crippen LogP contribution in [0.1, 0.15) is 29.7 Å². The summed E-state index contributed by atoms with van der Waals surface area (Å²) in [6.07, 6.45) is 0.567. The smallest absolute Gasteiger partial charge is 0.159 e. The molecule has 0 aromatic carbocycles. The first-order chi connectivity index (χ1) is 11.7. The summed E-state index contributed by atoms with van der Waals surface area (Å²) in [7, 11) is -1.14. The summed E-state index contributed by atoms with van der Waals surface area (Å²) >= 11 is 0. The predicted octanol–water partition coefficient (Wildman–Crippen LogP) is 1.51. The van der Waals surface area contributed by atoms with Crippen LogP contribution in [0.5, 0.6) is 0 Å². The summed E-state index contributed by atoms with van der Waals surface area (Å²) in [4.78, 5) is 9.19. The van der Waals surface area contributed by atoms with Gasteiger partial charge in [0.15, 0.2) is 21.3 Å². The Labute approximate surface area is 145 Å². The van der Waals surface area contributed by atoms with Crippen LogP contribution in [0.15, 0.2) is 6.07 Å². The van der Waals surface area contributed by atoms with Crippen LogP contribution in [-0.2, 0) is 16.9 Å². The minimum Gasteiger partial charge on any atom is -0.250 e. The molecule has 1 atom stereocenters. The zero-order chi connectivity index (χ0) is 17.9. The van der Waals surface area contributed by atoms with Crippen molar-refractivity contribution in [1.29, 1.82) is 0 Å². The number of hydrogen-bond acceptors (Lipinski definition) is 6. The Hall–Kier alpha value is -2.29. The van der Waals surface area contributed by atoms with E-state index in [1.165, 1.54) is 0 Å². The highest BCUT2D eigenvalue weighted by molar-refractivity contribution is 7.91. The number of sulfone groups is 1. The number of rotatable bonds is 2. The fourth-order valence-electron chi connectivity index (χ4n) is 3.58. The van der Waals surface area contributed by atoms with Gasteiger partial charge in [-0.15, -0.1) is 0 Å². The summed E-state index contributed by atoms with van der Waals surface area (Å²) in [6.45, 7) is 5.69. The van der Waals surface area contributed by atoms with E-state index in [2.05, 4.69) is 20.2 Å². The van der Waals surface area contributed by atoms with Gasteiger partial charge in [-0.1, -0.05) is 0 Å². The second-order valence-corrected chi connectivity index (χ2v) is 8.93. The molecule has 1 aliphatic heterocycles. The zero-order valence-corrected chi connectivity index (χ0v) is 15.5. The average Bonchev–Trinajstić information content (AvgIpc) is 3.15. The second kappa shape index (κ2) is 5.35. The van der Waals surface area contributed by atoms with Crippen molar-refractivity contribution in [2.75, 3.05) is 11.5 Å². The van der Waals surface area contributed by atoms with Gasteiger partial charge in [0.1, 0.15) is 5.82 Å². The molecule has 0 spiro atoms. The molecule has 1 fully saturated rings. The third kappa shape index (κ3) is 2.62. The van der Waals surface area contributed by atoms with Gasteiger partial charge >= 0.3 is 0 Å². The van der Waals surface area contributed by atoms with Crippen molar-refractivity contribution in [1.82, 2.24) is 29.5 Å². The highest BCUT2D eigenvalue weighted by Gasteiger charge is 2.32. The van der Waals surface area contributed by atoms with E-state index in [9.17, 15) is 8.42 Å². The molecule has 132 valence electrons. The first-order valence-corrected chi connectivity index (χ1v) is 10.0. The van der Waals surface area contributed by atoms with Crippen LogP contribution in [0.25, 0.3) is 22.4 Å². The topological polar surface area (TPSA) is 95.6 Å². The summed E-state index contributed by atoms with van der Waals surface area (Å²) in [6, 6.07) is 1.79. The van der Waals surface area contributed by atoms with Gasteiger partial charge in [-0.3, -0.25) is 4.68 Å². The van der Waals surface area contributed by atoms with Crippen LogP contribution in [0, 0.1) is 20.8 Å². The summed E-state index contributed by atoms with van der Waals surface area (Å²) in [5.74, 6) is 1.63. The van der Waals surface area contributed by atoms with Gasteiger partial charge in [-0.05, 0) is 33.3 Å². The molecule has 4 heterocycles. The van der Waals surface area contributed by atoms with Gasteiger partial charge in [0, 0.05) is 18.3 Å². The molecule has 4 rings (SSSR count). The molecule has 0 aliphatic carbocycles. The molecular weight excluding hydrogens is 340 g/mol. The maximum absolute atomic E-state index is 11.9. The van der Waals surface area contributed by atoms with Crippen LogP contribution in [0.2, 0.25) is 0 Å². The first-order valence-electron chi connectivity index (χ1n) is 8.20. The van der Waals surface area contributed by atoms with Crippen molar-refractivity contribution in [2.24, 2.45) is 7.05 Å². The Kier molecular flexibility index (Phi) is 3.47. The molecule has 25 heavy (non-hydrogen) atoms. The van der Waals surface area contributed by atoms with Crippen LogP contribution >= 0.6 is 0 Å². The quantitative estimate of drug-likeness (QED) is 0.687. The number of fused-ring (bicyclic) bond motifs is 1. The maximum Gasteiger partial charge on any atom is 0.159 e. The van der Waals surface area contributed by atoms with Crippen molar-refractivity contribution >= 4 is 20.9 Å². The average molecular weight is 360 g/mol. The van der Waals surface area contributed by atoms with E-state index < -0.39 is 9.84 Å².